The van der Waals surface area contributed by atoms with Crippen LogP contribution in [-0.2, 0) is 4.74 Å². The molecule has 5 nitrogen and oxygen atoms in total. The molecule has 0 spiro atoms. The van der Waals surface area contributed by atoms with Crippen LogP contribution in [0.5, 0.6) is 0 Å². The molecule has 0 bridgehead atoms. The number of hydrogen-bond acceptors (Lipinski definition) is 5. The summed E-state index contributed by atoms with van der Waals surface area (Å²) in [5.41, 5.74) is 1.23. The first-order chi connectivity index (χ1) is 7.75. The number of nitrogens with zero attached hydrogens (tertiary/aromatic N) is 3. The van der Waals surface area contributed by atoms with Crippen molar-refractivity contribution in [3.63, 3.8) is 0 Å². The van der Waals surface area contributed by atoms with Crippen LogP contribution in [0, 0.1) is 0 Å². The molecule has 0 N–H and O–H groups in total. The topological polar surface area (TPSA) is 55.3 Å². The second-order valence-electron chi connectivity index (χ2n) is 3.95. The van der Waals surface area contributed by atoms with Crippen molar-refractivity contribution in [2.45, 2.75) is 12.5 Å². The quantitative estimate of drug-likeness (QED) is 0.674. The van der Waals surface area contributed by atoms with E-state index in [1.165, 1.54) is 0 Å². The van der Waals surface area contributed by atoms with Crippen LogP contribution in [0.1, 0.15) is 16.9 Å². The van der Waals surface area contributed by atoms with Crippen LogP contribution < -0.4 is 4.90 Å². The fourth-order valence-corrected chi connectivity index (χ4v) is 2.37. The highest BCUT2D eigenvalue weighted by Crippen LogP contribution is 2.31. The van der Waals surface area contributed by atoms with Crippen molar-refractivity contribution in [3.8, 4) is 0 Å². The Hall–Kier alpha value is -1.20. The van der Waals surface area contributed by atoms with Gasteiger partial charge in [-0.15, -0.1) is 10.2 Å². The largest absolute Gasteiger partial charge is 0.377 e. The van der Waals surface area contributed by atoms with E-state index in [9.17, 15) is 4.79 Å². The Morgan fingerprint density at radius 1 is 1.50 bits per heavy atom. The van der Waals surface area contributed by atoms with Crippen molar-refractivity contribution in [2.24, 2.45) is 0 Å². The highest BCUT2D eigenvalue weighted by molar-refractivity contribution is 6.29. The minimum atomic E-state index is 0.0194. The number of Topliss-reactive ketones (excluding diaryl/α,β-unsaturated/α-hetero) is 1. The van der Waals surface area contributed by atoms with Crippen LogP contribution in [0.25, 0.3) is 0 Å². The number of carbonyl (C=O) groups excluding carboxylic acids is 1. The van der Waals surface area contributed by atoms with Gasteiger partial charge in [-0.05, 0) is 0 Å². The Kier molecular flexibility index (Phi) is 2.29. The third-order valence-electron chi connectivity index (χ3n) is 2.97. The number of ketones is 1. The van der Waals surface area contributed by atoms with Gasteiger partial charge in [0, 0.05) is 19.0 Å². The summed E-state index contributed by atoms with van der Waals surface area (Å²) in [6.07, 6.45) is 0.448. The number of aromatic nitrogens is 2. The van der Waals surface area contributed by atoms with Gasteiger partial charge in [0.1, 0.15) is 0 Å². The van der Waals surface area contributed by atoms with Crippen LogP contribution in [0.2, 0.25) is 5.15 Å². The summed E-state index contributed by atoms with van der Waals surface area (Å²) >= 11 is 5.81. The normalized spacial score (nSPS) is 23.9. The molecule has 0 amide bonds. The summed E-state index contributed by atoms with van der Waals surface area (Å²) in [5.74, 6) is 0.0194. The average molecular weight is 240 g/mol. The molecule has 0 radical (unpaired) electrons. The fourth-order valence-electron chi connectivity index (χ4n) is 2.23. The van der Waals surface area contributed by atoms with E-state index in [0.717, 1.165) is 12.2 Å². The van der Waals surface area contributed by atoms with Gasteiger partial charge in [-0.3, -0.25) is 4.79 Å². The Bertz CT molecular complexity index is 452. The van der Waals surface area contributed by atoms with Crippen molar-refractivity contribution >= 4 is 23.1 Å². The molecule has 1 unspecified atom stereocenters. The van der Waals surface area contributed by atoms with Crippen molar-refractivity contribution < 1.29 is 9.53 Å². The molecule has 6 heteroatoms. The average Bonchev–Trinajstić information content (AvgIpc) is 2.29. The van der Waals surface area contributed by atoms with Gasteiger partial charge in [0.25, 0.3) is 0 Å². The highest BCUT2D eigenvalue weighted by atomic mass is 35.5. The van der Waals surface area contributed by atoms with Gasteiger partial charge >= 0.3 is 0 Å². The summed E-state index contributed by atoms with van der Waals surface area (Å²) < 4.78 is 5.37. The maximum Gasteiger partial charge on any atom is 0.187 e. The summed E-state index contributed by atoms with van der Waals surface area (Å²) in [7, 11) is 0. The molecule has 2 aliphatic rings. The molecule has 1 aromatic rings. The predicted octanol–water partition coefficient (Wildman–Crippen LogP) is 0.922. The van der Waals surface area contributed by atoms with Crippen LogP contribution >= 0.6 is 11.6 Å². The summed E-state index contributed by atoms with van der Waals surface area (Å²) in [4.78, 5) is 14.0. The van der Waals surface area contributed by atoms with Crippen LogP contribution in [-0.4, -0.2) is 41.8 Å². The molecule has 84 valence electrons. The summed E-state index contributed by atoms with van der Waals surface area (Å²) in [5, 5.41) is 7.91. The Morgan fingerprint density at radius 3 is 3.25 bits per heavy atom. The Balaban J connectivity index is 2.09. The number of fused-ring (bicyclic) bond motifs is 3. The van der Waals surface area contributed by atoms with E-state index in [2.05, 4.69) is 15.1 Å². The Morgan fingerprint density at radius 2 is 2.38 bits per heavy atom. The molecule has 2 aliphatic heterocycles. The van der Waals surface area contributed by atoms with Crippen LogP contribution in [0.4, 0.5) is 5.69 Å². The van der Waals surface area contributed by atoms with E-state index in [0.29, 0.717) is 30.5 Å². The van der Waals surface area contributed by atoms with Crippen LogP contribution in [0.15, 0.2) is 6.07 Å². The van der Waals surface area contributed by atoms with Crippen molar-refractivity contribution in [1.82, 2.24) is 10.2 Å². The van der Waals surface area contributed by atoms with E-state index < -0.39 is 0 Å². The molecule has 3 rings (SSSR count). The third-order valence-corrected chi connectivity index (χ3v) is 3.15. The van der Waals surface area contributed by atoms with Gasteiger partial charge in [0.05, 0.1) is 24.9 Å². The number of carbonyl (C=O) groups is 1. The molecule has 1 fully saturated rings. The molecule has 1 aromatic heterocycles. The molecule has 3 heterocycles. The molecule has 1 atom stereocenters. The van der Waals surface area contributed by atoms with Crippen molar-refractivity contribution in [1.29, 1.82) is 0 Å². The lowest BCUT2D eigenvalue weighted by molar-refractivity contribution is 0.0759. The second kappa shape index (κ2) is 3.68. The molecule has 16 heavy (non-hydrogen) atoms. The first-order valence-corrected chi connectivity index (χ1v) is 5.54. The van der Waals surface area contributed by atoms with Gasteiger partial charge in [0.15, 0.2) is 16.6 Å². The van der Waals surface area contributed by atoms with E-state index in [4.69, 9.17) is 16.3 Å². The Labute approximate surface area is 97.4 Å². The lowest BCUT2D eigenvalue weighted by Gasteiger charge is -2.40. The van der Waals surface area contributed by atoms with Gasteiger partial charge < -0.3 is 9.64 Å². The zero-order valence-corrected chi connectivity index (χ0v) is 9.28. The van der Waals surface area contributed by atoms with Gasteiger partial charge in [-0.2, -0.15) is 0 Å². The fraction of sp³-hybridized carbons (Fsp3) is 0.500. The number of anilines is 1. The number of halogens is 1. The van der Waals surface area contributed by atoms with E-state index in [1.807, 2.05) is 0 Å². The minimum Gasteiger partial charge on any atom is -0.377 e. The summed E-state index contributed by atoms with van der Waals surface area (Å²) in [6, 6.07) is 1.83. The molecule has 1 saturated heterocycles. The SMILES string of the molecule is O=C1CC2COCCN2c2cc(Cl)nnc21. The lowest BCUT2D eigenvalue weighted by Crippen LogP contribution is -2.50. The first kappa shape index (κ1) is 9.99. The number of morpholine rings is 1. The summed E-state index contributed by atoms with van der Waals surface area (Å²) in [6.45, 7) is 2.03. The maximum absolute atomic E-state index is 11.8. The monoisotopic (exact) mass is 239 g/mol. The van der Waals surface area contributed by atoms with E-state index in [-0.39, 0.29) is 11.8 Å². The molecular weight excluding hydrogens is 230 g/mol. The third kappa shape index (κ3) is 1.47. The van der Waals surface area contributed by atoms with Crippen molar-refractivity contribution in [3.05, 3.63) is 16.9 Å². The maximum atomic E-state index is 11.8. The van der Waals surface area contributed by atoms with E-state index >= 15 is 0 Å². The molecule has 0 aliphatic carbocycles. The minimum absolute atomic E-state index is 0.0194. The number of rotatable bonds is 0. The zero-order valence-electron chi connectivity index (χ0n) is 8.52. The second-order valence-corrected chi connectivity index (χ2v) is 4.34. The molecule has 0 aromatic carbocycles. The van der Waals surface area contributed by atoms with Crippen molar-refractivity contribution in [2.75, 3.05) is 24.7 Å². The van der Waals surface area contributed by atoms with Gasteiger partial charge in [-0.25, -0.2) is 0 Å². The highest BCUT2D eigenvalue weighted by Gasteiger charge is 2.34. The lowest BCUT2D eigenvalue weighted by atomic mass is 9.99. The van der Waals surface area contributed by atoms with Gasteiger partial charge in [-0.1, -0.05) is 11.6 Å². The van der Waals surface area contributed by atoms with Gasteiger partial charge in [0.2, 0.25) is 0 Å². The van der Waals surface area contributed by atoms with E-state index in [1.54, 1.807) is 6.07 Å². The smallest absolute Gasteiger partial charge is 0.187 e. The first-order valence-electron chi connectivity index (χ1n) is 5.16. The predicted molar refractivity (Wildman–Crippen MR) is 57.9 cm³/mol. The zero-order chi connectivity index (χ0) is 11.1. The van der Waals surface area contributed by atoms with Crippen LogP contribution in [0.3, 0.4) is 0 Å². The molecular formula is C10H10ClN3O2. The number of ether oxygens (including phenoxy) is 1. The number of hydrogen-bond donors (Lipinski definition) is 0. The standard InChI is InChI=1S/C10H10ClN3O2/c11-9-4-7-10(13-12-9)8(15)3-6-5-16-2-1-14(6)7/h4,6H,1-3,5H2. The molecule has 0 saturated carbocycles.